The van der Waals surface area contributed by atoms with Crippen molar-refractivity contribution in [1.29, 1.82) is 0 Å². The van der Waals surface area contributed by atoms with E-state index < -0.39 is 0 Å². The zero-order chi connectivity index (χ0) is 22.2. The fourth-order valence-electron chi connectivity index (χ4n) is 4.73. The summed E-state index contributed by atoms with van der Waals surface area (Å²) in [6.07, 6.45) is 8.52. The minimum atomic E-state index is -0.270. The predicted octanol–water partition coefficient (Wildman–Crippen LogP) is 2.96. The molecule has 2 aliphatic rings. The van der Waals surface area contributed by atoms with Gasteiger partial charge in [-0.05, 0) is 37.5 Å². The van der Waals surface area contributed by atoms with E-state index in [0.29, 0.717) is 24.0 Å². The number of rotatable bonds is 5. The number of hydrogen-bond donors (Lipinski definition) is 2. The second-order valence-corrected chi connectivity index (χ2v) is 8.93. The van der Waals surface area contributed by atoms with Crippen LogP contribution in [0.15, 0.2) is 30.6 Å². The number of aromatic nitrogens is 4. The number of amides is 1. The van der Waals surface area contributed by atoms with Crippen molar-refractivity contribution in [2.24, 2.45) is 0 Å². The number of carbonyl (C=O) groups excluding carboxylic acids is 1. The number of anilines is 3. The van der Waals surface area contributed by atoms with E-state index in [4.69, 9.17) is 4.98 Å². The molecule has 2 fully saturated rings. The lowest BCUT2D eigenvalue weighted by atomic mass is 10.2. The van der Waals surface area contributed by atoms with E-state index in [1.807, 2.05) is 18.2 Å². The minimum absolute atomic E-state index is 0.0197. The third kappa shape index (κ3) is 3.88. The van der Waals surface area contributed by atoms with Crippen molar-refractivity contribution in [3.8, 4) is 0 Å². The number of nitrogens with zero attached hydrogens (tertiary/aromatic N) is 6. The van der Waals surface area contributed by atoms with Crippen molar-refractivity contribution in [3.63, 3.8) is 0 Å². The van der Waals surface area contributed by atoms with Gasteiger partial charge in [0, 0.05) is 44.8 Å². The van der Waals surface area contributed by atoms with Gasteiger partial charge in [-0.25, -0.2) is 9.97 Å². The maximum absolute atomic E-state index is 12.8. The van der Waals surface area contributed by atoms with Crippen molar-refractivity contribution >= 4 is 34.4 Å². The van der Waals surface area contributed by atoms with Crippen molar-refractivity contribution in [2.45, 2.75) is 44.2 Å². The molecule has 0 spiro atoms. The highest BCUT2D eigenvalue weighted by Crippen LogP contribution is 2.35. The molecule has 168 valence electrons. The summed E-state index contributed by atoms with van der Waals surface area (Å²) in [7, 11) is 3.55. The van der Waals surface area contributed by atoms with Crippen LogP contribution in [0.5, 0.6) is 0 Å². The van der Waals surface area contributed by atoms with Gasteiger partial charge >= 0.3 is 0 Å². The largest absolute Gasteiger partial charge is 0.391 e. The molecular weight excluding hydrogens is 406 g/mol. The molecule has 0 radical (unpaired) electrons. The van der Waals surface area contributed by atoms with E-state index >= 15 is 0 Å². The average molecular weight is 436 g/mol. The monoisotopic (exact) mass is 435 g/mol. The van der Waals surface area contributed by atoms with Gasteiger partial charge in [0.1, 0.15) is 17.2 Å². The highest BCUT2D eigenvalue weighted by Gasteiger charge is 2.26. The normalized spacial score (nSPS) is 19.1. The van der Waals surface area contributed by atoms with E-state index in [1.165, 1.54) is 12.8 Å². The summed E-state index contributed by atoms with van der Waals surface area (Å²) in [5, 5.41) is 13.8. The summed E-state index contributed by atoms with van der Waals surface area (Å²) in [6, 6.07) is 6.06. The van der Waals surface area contributed by atoms with E-state index in [0.717, 1.165) is 42.5 Å². The molecular formula is C23H29N7O2. The summed E-state index contributed by atoms with van der Waals surface area (Å²) in [5.74, 6) is 1.08. The SMILES string of the molecule is CN(C)C(=O)c1cc2cnc(Nc3ccc(N4CC[C@H](O)C4)cn3)nc2n1C1CCCC1. The Morgan fingerprint density at radius 2 is 1.97 bits per heavy atom. The molecule has 1 amide bonds. The van der Waals surface area contributed by atoms with E-state index in [2.05, 4.69) is 24.8 Å². The van der Waals surface area contributed by atoms with Crippen LogP contribution in [-0.2, 0) is 0 Å². The Bertz CT molecular complexity index is 1120. The van der Waals surface area contributed by atoms with Gasteiger partial charge in [-0.2, -0.15) is 4.98 Å². The van der Waals surface area contributed by atoms with Crippen LogP contribution in [0.3, 0.4) is 0 Å². The van der Waals surface area contributed by atoms with E-state index in [9.17, 15) is 9.90 Å². The number of aliphatic hydroxyl groups excluding tert-OH is 1. The van der Waals surface area contributed by atoms with Gasteiger partial charge in [0.2, 0.25) is 5.95 Å². The fourth-order valence-corrected chi connectivity index (χ4v) is 4.73. The first-order valence-electron chi connectivity index (χ1n) is 11.3. The molecule has 3 aromatic heterocycles. The smallest absolute Gasteiger partial charge is 0.270 e. The molecule has 0 bridgehead atoms. The van der Waals surface area contributed by atoms with Crippen LogP contribution in [0.2, 0.25) is 0 Å². The summed E-state index contributed by atoms with van der Waals surface area (Å²) in [5.41, 5.74) is 2.44. The van der Waals surface area contributed by atoms with Crippen molar-refractivity contribution < 1.29 is 9.90 Å². The van der Waals surface area contributed by atoms with Crippen molar-refractivity contribution in [2.75, 3.05) is 37.4 Å². The molecule has 1 aliphatic heterocycles. The van der Waals surface area contributed by atoms with Gasteiger partial charge in [0.15, 0.2) is 0 Å². The van der Waals surface area contributed by atoms with Crippen LogP contribution in [-0.4, -0.2) is 68.7 Å². The molecule has 0 aromatic carbocycles. The molecule has 2 N–H and O–H groups in total. The topological polar surface area (TPSA) is 99.4 Å². The van der Waals surface area contributed by atoms with Crippen molar-refractivity contribution in [3.05, 3.63) is 36.3 Å². The summed E-state index contributed by atoms with van der Waals surface area (Å²) in [6.45, 7) is 1.47. The number of nitrogens with one attached hydrogen (secondary N) is 1. The fraction of sp³-hybridized carbons (Fsp3) is 0.478. The lowest BCUT2D eigenvalue weighted by Crippen LogP contribution is -2.25. The molecule has 9 nitrogen and oxygen atoms in total. The number of aliphatic hydroxyl groups is 1. The summed E-state index contributed by atoms with van der Waals surface area (Å²) >= 11 is 0. The Kier molecular flexibility index (Phi) is 5.42. The molecule has 5 rings (SSSR count). The third-order valence-corrected chi connectivity index (χ3v) is 6.41. The molecule has 32 heavy (non-hydrogen) atoms. The number of pyridine rings is 1. The molecule has 0 unspecified atom stereocenters. The van der Waals surface area contributed by atoms with Gasteiger partial charge in [0.05, 0.1) is 18.0 Å². The van der Waals surface area contributed by atoms with Gasteiger partial charge in [0.25, 0.3) is 5.91 Å². The maximum atomic E-state index is 12.8. The van der Waals surface area contributed by atoms with Crippen LogP contribution >= 0.6 is 0 Å². The van der Waals surface area contributed by atoms with Crippen LogP contribution in [0.4, 0.5) is 17.5 Å². The van der Waals surface area contributed by atoms with Crippen molar-refractivity contribution in [1.82, 2.24) is 24.4 Å². The van der Waals surface area contributed by atoms with Gasteiger partial charge in [-0.3, -0.25) is 4.79 Å². The Labute approximate surface area is 187 Å². The summed E-state index contributed by atoms with van der Waals surface area (Å²) < 4.78 is 2.10. The predicted molar refractivity (Wildman–Crippen MR) is 123 cm³/mol. The molecule has 3 aromatic rings. The first-order chi connectivity index (χ1) is 15.5. The van der Waals surface area contributed by atoms with Gasteiger partial charge in [-0.1, -0.05) is 12.8 Å². The lowest BCUT2D eigenvalue weighted by molar-refractivity contribution is 0.0815. The first-order valence-corrected chi connectivity index (χ1v) is 11.3. The van der Waals surface area contributed by atoms with Crippen LogP contribution in [0, 0.1) is 0 Å². The van der Waals surface area contributed by atoms with E-state index in [1.54, 1.807) is 31.4 Å². The van der Waals surface area contributed by atoms with Crippen LogP contribution in [0.1, 0.15) is 48.6 Å². The zero-order valence-corrected chi connectivity index (χ0v) is 18.5. The molecule has 1 atom stereocenters. The third-order valence-electron chi connectivity index (χ3n) is 6.41. The van der Waals surface area contributed by atoms with E-state index in [-0.39, 0.29) is 18.1 Å². The Balaban J connectivity index is 1.43. The summed E-state index contributed by atoms with van der Waals surface area (Å²) in [4.78, 5) is 30.3. The second-order valence-electron chi connectivity index (χ2n) is 8.93. The first kappa shape index (κ1) is 20.7. The molecule has 1 aliphatic carbocycles. The number of hydrogen-bond acceptors (Lipinski definition) is 7. The minimum Gasteiger partial charge on any atom is -0.391 e. The number of fused-ring (bicyclic) bond motifs is 1. The standard InChI is InChI=1S/C23H29N7O2/c1-28(2)22(32)19-11-15-12-25-23(27-21(15)30(19)16-5-3-4-6-16)26-20-8-7-17(13-24-20)29-10-9-18(31)14-29/h7-8,11-13,16,18,31H,3-6,9-10,14H2,1-2H3,(H,24,25,26,27)/t18-/m0/s1. The molecule has 1 saturated heterocycles. The lowest BCUT2D eigenvalue weighted by Gasteiger charge is -2.19. The average Bonchev–Trinajstić information content (AvgIpc) is 3.53. The maximum Gasteiger partial charge on any atom is 0.270 e. The molecule has 9 heteroatoms. The zero-order valence-electron chi connectivity index (χ0n) is 18.5. The molecule has 4 heterocycles. The highest BCUT2D eigenvalue weighted by atomic mass is 16.3. The second kappa shape index (κ2) is 8.38. The van der Waals surface area contributed by atoms with Gasteiger partial charge in [-0.15, -0.1) is 0 Å². The van der Waals surface area contributed by atoms with Gasteiger partial charge < -0.3 is 24.8 Å². The number of β-amino-alcohol motifs (C(OH)–C–C–N with tert-alkyl or cyclic N) is 1. The quantitative estimate of drug-likeness (QED) is 0.636. The molecule has 1 saturated carbocycles. The highest BCUT2D eigenvalue weighted by molar-refractivity contribution is 5.97. The Morgan fingerprint density at radius 1 is 1.16 bits per heavy atom. The van der Waals surface area contributed by atoms with Crippen LogP contribution < -0.4 is 10.2 Å². The Hall–Kier alpha value is -3.20. The number of carbonyl (C=O) groups is 1. The van der Waals surface area contributed by atoms with Crippen LogP contribution in [0.25, 0.3) is 11.0 Å². The Morgan fingerprint density at radius 3 is 2.62 bits per heavy atom.